The summed E-state index contributed by atoms with van der Waals surface area (Å²) in [6.45, 7) is 0. The van der Waals surface area contributed by atoms with Crippen LogP contribution in [0.1, 0.15) is 0 Å². The third kappa shape index (κ3) is 3.16. The number of aryl methyl sites for hydroxylation is 1. The number of hydrogen-bond donors (Lipinski definition) is 0. The van der Waals surface area contributed by atoms with Gasteiger partial charge in [0.25, 0.3) is 0 Å². The molecule has 0 amide bonds. The number of aromatic nitrogens is 3. The van der Waals surface area contributed by atoms with Crippen molar-refractivity contribution in [3.63, 3.8) is 0 Å². The minimum atomic E-state index is -4.22. The molecule has 0 radical (unpaired) electrons. The first-order valence-corrected chi connectivity index (χ1v) is 5.49. The monoisotopic (exact) mass is 289 g/mol. The molecule has 0 aliphatic carbocycles. The number of nitrogens with zero attached hydrogens (tertiary/aromatic N) is 3. The minimum Gasteiger partial charge on any atom is -0.312 e. The predicted octanol–water partition coefficient (Wildman–Crippen LogP) is 2.23. The number of rotatable bonds is 3. The highest BCUT2D eigenvalue weighted by molar-refractivity contribution is 9.09. The third-order valence-electron chi connectivity index (χ3n) is 1.38. The third-order valence-corrected chi connectivity index (χ3v) is 3.78. The van der Waals surface area contributed by atoms with Crippen molar-refractivity contribution in [3.05, 3.63) is 6.33 Å². The maximum Gasteiger partial charge on any atom is 0.402 e. The molecule has 0 saturated carbocycles. The van der Waals surface area contributed by atoms with Crippen LogP contribution in [0.25, 0.3) is 0 Å². The Morgan fingerprint density at radius 3 is 2.71 bits per heavy atom. The Balaban J connectivity index is 2.46. The van der Waals surface area contributed by atoms with Crippen LogP contribution < -0.4 is 0 Å². The van der Waals surface area contributed by atoms with Crippen LogP contribution in [0, 0.1) is 0 Å². The van der Waals surface area contributed by atoms with Crippen molar-refractivity contribution < 1.29 is 13.2 Å². The fourth-order valence-electron chi connectivity index (χ4n) is 0.645. The number of halogens is 4. The lowest BCUT2D eigenvalue weighted by molar-refractivity contribution is -0.122. The highest BCUT2D eigenvalue weighted by atomic mass is 79.9. The summed E-state index contributed by atoms with van der Waals surface area (Å²) in [6, 6.07) is 0. The summed E-state index contributed by atoms with van der Waals surface area (Å²) >= 11 is 3.58. The van der Waals surface area contributed by atoms with Gasteiger partial charge in [-0.1, -0.05) is 27.7 Å². The van der Waals surface area contributed by atoms with E-state index in [0.717, 1.165) is 11.8 Å². The van der Waals surface area contributed by atoms with Gasteiger partial charge in [0.1, 0.15) is 11.2 Å². The van der Waals surface area contributed by atoms with Crippen LogP contribution in [0.4, 0.5) is 13.2 Å². The number of alkyl halides is 4. The van der Waals surface area contributed by atoms with E-state index in [0.29, 0.717) is 5.16 Å². The van der Waals surface area contributed by atoms with E-state index in [-0.39, 0.29) is 5.75 Å². The Kier molecular flexibility index (Phi) is 3.82. The van der Waals surface area contributed by atoms with Gasteiger partial charge >= 0.3 is 6.18 Å². The fraction of sp³-hybridized carbons (Fsp3) is 0.667. The minimum absolute atomic E-state index is 0.115. The molecular weight excluding hydrogens is 283 g/mol. The second-order valence-electron chi connectivity index (χ2n) is 2.54. The lowest BCUT2D eigenvalue weighted by Gasteiger charge is -2.12. The number of hydrogen-bond acceptors (Lipinski definition) is 3. The van der Waals surface area contributed by atoms with Crippen LogP contribution in [-0.2, 0) is 7.05 Å². The lowest BCUT2D eigenvalue weighted by atomic mass is 10.5. The summed E-state index contributed by atoms with van der Waals surface area (Å²) in [6.07, 6.45) is -2.77. The van der Waals surface area contributed by atoms with E-state index in [1.807, 2.05) is 0 Å². The summed E-state index contributed by atoms with van der Waals surface area (Å²) < 4.78 is 37.8. The first-order chi connectivity index (χ1) is 6.41. The largest absolute Gasteiger partial charge is 0.402 e. The standard InChI is InChI=1S/C6H7BrF3N3S/c1-13-3-11-12-5(13)14-2-4(7)6(8,9)10/h3-4H,2H2,1H3. The van der Waals surface area contributed by atoms with Crippen LogP contribution in [0.3, 0.4) is 0 Å². The zero-order valence-corrected chi connectivity index (χ0v) is 9.53. The molecule has 0 aliphatic rings. The van der Waals surface area contributed by atoms with Crippen LogP contribution >= 0.6 is 27.7 Å². The van der Waals surface area contributed by atoms with E-state index in [1.54, 1.807) is 11.6 Å². The van der Waals surface area contributed by atoms with Crippen LogP contribution in [0.5, 0.6) is 0 Å². The highest BCUT2D eigenvalue weighted by Crippen LogP contribution is 2.30. The Morgan fingerprint density at radius 2 is 2.29 bits per heavy atom. The second-order valence-corrected chi connectivity index (χ2v) is 4.64. The molecule has 1 aromatic heterocycles. The molecule has 0 fully saturated rings. The summed E-state index contributed by atoms with van der Waals surface area (Å²) in [4.78, 5) is -1.52. The Morgan fingerprint density at radius 1 is 1.64 bits per heavy atom. The van der Waals surface area contributed by atoms with Crippen molar-refractivity contribution in [2.45, 2.75) is 16.2 Å². The van der Waals surface area contributed by atoms with Gasteiger partial charge in [0.15, 0.2) is 5.16 Å². The molecule has 1 unspecified atom stereocenters. The average Bonchev–Trinajstić information content (AvgIpc) is 2.45. The van der Waals surface area contributed by atoms with Gasteiger partial charge < -0.3 is 4.57 Å². The fourth-order valence-corrected chi connectivity index (χ4v) is 1.88. The van der Waals surface area contributed by atoms with Crippen molar-refractivity contribution in [1.82, 2.24) is 14.8 Å². The second kappa shape index (κ2) is 4.52. The molecule has 0 N–H and O–H groups in total. The quantitative estimate of drug-likeness (QED) is 0.632. The maximum atomic E-state index is 12.1. The van der Waals surface area contributed by atoms with Crippen molar-refractivity contribution in [3.8, 4) is 0 Å². The van der Waals surface area contributed by atoms with E-state index < -0.39 is 11.0 Å². The molecule has 1 aromatic rings. The molecule has 3 nitrogen and oxygen atoms in total. The summed E-state index contributed by atoms with van der Waals surface area (Å²) in [5, 5.41) is 7.69. The smallest absolute Gasteiger partial charge is 0.312 e. The van der Waals surface area contributed by atoms with Gasteiger partial charge in [-0.25, -0.2) is 0 Å². The topological polar surface area (TPSA) is 30.7 Å². The van der Waals surface area contributed by atoms with Crippen molar-refractivity contribution in [2.24, 2.45) is 7.05 Å². The first-order valence-electron chi connectivity index (χ1n) is 3.59. The first kappa shape index (κ1) is 11.8. The summed E-state index contributed by atoms with van der Waals surface area (Å²) in [5.74, 6) is -0.115. The molecule has 0 saturated heterocycles. The van der Waals surface area contributed by atoms with Crippen LogP contribution in [0.2, 0.25) is 0 Å². The van der Waals surface area contributed by atoms with Crippen LogP contribution in [0.15, 0.2) is 11.5 Å². The maximum absolute atomic E-state index is 12.1. The van der Waals surface area contributed by atoms with E-state index in [9.17, 15) is 13.2 Å². The Bertz CT molecular complexity index is 301. The van der Waals surface area contributed by atoms with Gasteiger partial charge in [-0.05, 0) is 0 Å². The lowest BCUT2D eigenvalue weighted by Crippen LogP contribution is -2.25. The average molecular weight is 290 g/mol. The van der Waals surface area contributed by atoms with Gasteiger partial charge in [-0.2, -0.15) is 13.2 Å². The van der Waals surface area contributed by atoms with Gasteiger partial charge in [-0.3, -0.25) is 0 Å². The number of thioether (sulfide) groups is 1. The molecule has 0 bridgehead atoms. The SMILES string of the molecule is Cn1cnnc1SCC(Br)C(F)(F)F. The van der Waals surface area contributed by atoms with E-state index in [2.05, 4.69) is 26.1 Å². The van der Waals surface area contributed by atoms with Gasteiger partial charge in [-0.15, -0.1) is 10.2 Å². The Hall–Kier alpha value is -0.240. The summed E-state index contributed by atoms with van der Waals surface area (Å²) in [5.41, 5.74) is 0. The Labute approximate surface area is 91.2 Å². The molecule has 0 aromatic carbocycles. The predicted molar refractivity (Wildman–Crippen MR) is 50.5 cm³/mol. The summed E-state index contributed by atoms with van der Waals surface area (Å²) in [7, 11) is 1.68. The molecule has 1 rings (SSSR count). The van der Waals surface area contributed by atoms with Gasteiger partial charge in [0.2, 0.25) is 0 Å². The zero-order valence-electron chi connectivity index (χ0n) is 7.12. The van der Waals surface area contributed by atoms with Crippen molar-refractivity contribution >= 4 is 27.7 Å². The molecule has 1 atom stereocenters. The normalized spacial score (nSPS) is 14.4. The molecule has 80 valence electrons. The van der Waals surface area contributed by atoms with E-state index in [1.165, 1.54) is 6.33 Å². The van der Waals surface area contributed by atoms with Crippen molar-refractivity contribution in [1.29, 1.82) is 0 Å². The molecular formula is C6H7BrF3N3S. The molecule has 0 spiro atoms. The van der Waals surface area contributed by atoms with Gasteiger partial charge in [0, 0.05) is 12.8 Å². The van der Waals surface area contributed by atoms with Gasteiger partial charge in [0.05, 0.1) is 0 Å². The van der Waals surface area contributed by atoms with E-state index in [4.69, 9.17) is 0 Å². The molecule has 14 heavy (non-hydrogen) atoms. The molecule has 1 heterocycles. The van der Waals surface area contributed by atoms with Crippen LogP contribution in [-0.4, -0.2) is 31.5 Å². The molecule has 8 heteroatoms. The van der Waals surface area contributed by atoms with Crippen molar-refractivity contribution in [2.75, 3.05) is 5.75 Å². The van der Waals surface area contributed by atoms with E-state index >= 15 is 0 Å². The molecule has 0 aliphatic heterocycles. The zero-order chi connectivity index (χ0) is 10.8. The highest BCUT2D eigenvalue weighted by Gasteiger charge is 2.37.